The number of pyridine rings is 1. The lowest BCUT2D eigenvalue weighted by Gasteiger charge is -2.27. The minimum absolute atomic E-state index is 0. The van der Waals surface area contributed by atoms with Gasteiger partial charge in [-0.05, 0) is 17.0 Å². The van der Waals surface area contributed by atoms with Crippen LogP contribution in [0, 0.1) is 5.41 Å². The fourth-order valence-corrected chi connectivity index (χ4v) is 1.34. The van der Waals surface area contributed by atoms with Crippen molar-refractivity contribution in [3.8, 4) is 0 Å². The van der Waals surface area contributed by atoms with Crippen LogP contribution >= 0.6 is 24.0 Å². The zero-order valence-corrected chi connectivity index (χ0v) is 10.2. The predicted molar refractivity (Wildman–Crippen MR) is 62.9 cm³/mol. The predicted octanol–water partition coefficient (Wildman–Crippen LogP) is 3.20. The van der Waals surface area contributed by atoms with Gasteiger partial charge in [-0.25, -0.2) is 0 Å². The Hall–Kier alpha value is -0.310. The van der Waals surface area contributed by atoms with Gasteiger partial charge in [0.25, 0.3) is 0 Å². The van der Waals surface area contributed by atoms with E-state index in [-0.39, 0.29) is 23.9 Å². The minimum Gasteiger partial charge on any atom is -0.323 e. The third kappa shape index (κ3) is 3.12. The molecule has 0 aliphatic rings. The van der Waals surface area contributed by atoms with Gasteiger partial charge in [0.1, 0.15) is 0 Å². The summed E-state index contributed by atoms with van der Waals surface area (Å²) in [6.07, 6.45) is 3.34. The van der Waals surface area contributed by atoms with E-state index in [1.54, 1.807) is 12.4 Å². The van der Waals surface area contributed by atoms with E-state index in [1.807, 2.05) is 6.07 Å². The topological polar surface area (TPSA) is 38.9 Å². The second-order valence-electron chi connectivity index (χ2n) is 4.24. The molecule has 0 radical (unpaired) electrons. The molecule has 0 spiro atoms. The van der Waals surface area contributed by atoms with Crippen LogP contribution in [0.1, 0.15) is 32.4 Å². The standard InChI is InChI=1S/C10H15ClN2.ClH/c1-10(2,3)9(12)7-4-5-13-6-8(7)11;/h4-6,9H,12H2,1-3H3;1H/t9-;/m1./s1. The SMILES string of the molecule is CC(C)(C)[C@H](N)c1ccncc1Cl.Cl. The normalized spacial score (nSPS) is 13.2. The van der Waals surface area contributed by atoms with Crippen molar-refractivity contribution >= 4 is 24.0 Å². The van der Waals surface area contributed by atoms with Crippen LogP contribution in [0.15, 0.2) is 18.5 Å². The van der Waals surface area contributed by atoms with Crippen molar-refractivity contribution in [2.24, 2.45) is 11.1 Å². The zero-order valence-electron chi connectivity index (χ0n) is 8.62. The molecule has 1 aromatic heterocycles. The quantitative estimate of drug-likeness (QED) is 0.811. The van der Waals surface area contributed by atoms with Crippen molar-refractivity contribution in [1.82, 2.24) is 4.98 Å². The Labute approximate surface area is 96.3 Å². The molecule has 14 heavy (non-hydrogen) atoms. The van der Waals surface area contributed by atoms with E-state index in [2.05, 4.69) is 25.8 Å². The highest BCUT2D eigenvalue weighted by molar-refractivity contribution is 6.31. The summed E-state index contributed by atoms with van der Waals surface area (Å²) in [7, 11) is 0. The molecule has 1 rings (SSSR count). The summed E-state index contributed by atoms with van der Waals surface area (Å²) in [5, 5.41) is 0.643. The molecule has 0 aliphatic carbocycles. The highest BCUT2D eigenvalue weighted by Crippen LogP contribution is 2.33. The fraction of sp³-hybridized carbons (Fsp3) is 0.500. The van der Waals surface area contributed by atoms with Gasteiger partial charge in [0.2, 0.25) is 0 Å². The Kier molecular flexibility index (Phi) is 4.85. The molecule has 1 heterocycles. The largest absolute Gasteiger partial charge is 0.323 e. The van der Waals surface area contributed by atoms with Crippen molar-refractivity contribution in [2.45, 2.75) is 26.8 Å². The maximum atomic E-state index is 6.06. The highest BCUT2D eigenvalue weighted by atomic mass is 35.5. The van der Waals surface area contributed by atoms with E-state index >= 15 is 0 Å². The van der Waals surface area contributed by atoms with E-state index in [9.17, 15) is 0 Å². The molecule has 2 N–H and O–H groups in total. The average Bonchev–Trinajstić information content (AvgIpc) is 2.02. The van der Waals surface area contributed by atoms with Gasteiger partial charge in [-0.2, -0.15) is 0 Å². The smallest absolute Gasteiger partial charge is 0.0637 e. The summed E-state index contributed by atoms with van der Waals surface area (Å²) in [6, 6.07) is 1.82. The second-order valence-corrected chi connectivity index (χ2v) is 4.65. The van der Waals surface area contributed by atoms with Crippen LogP contribution in [0.4, 0.5) is 0 Å². The van der Waals surface area contributed by atoms with Gasteiger partial charge in [0.15, 0.2) is 0 Å². The first kappa shape index (κ1) is 13.7. The maximum Gasteiger partial charge on any atom is 0.0637 e. The molecule has 0 bridgehead atoms. The van der Waals surface area contributed by atoms with Gasteiger partial charge in [-0.3, -0.25) is 4.98 Å². The molecule has 2 nitrogen and oxygen atoms in total. The Balaban J connectivity index is 0.00000169. The molecular weight excluding hydrogens is 219 g/mol. The third-order valence-electron chi connectivity index (χ3n) is 2.07. The first-order valence-corrected chi connectivity index (χ1v) is 4.65. The van der Waals surface area contributed by atoms with Crippen LogP contribution in [-0.4, -0.2) is 4.98 Å². The van der Waals surface area contributed by atoms with Gasteiger partial charge < -0.3 is 5.73 Å². The minimum atomic E-state index is -0.0528. The number of nitrogens with two attached hydrogens (primary N) is 1. The van der Waals surface area contributed by atoms with E-state index in [4.69, 9.17) is 17.3 Å². The monoisotopic (exact) mass is 234 g/mol. The molecule has 0 saturated carbocycles. The number of hydrogen-bond donors (Lipinski definition) is 1. The summed E-state index contributed by atoms with van der Waals surface area (Å²) in [4.78, 5) is 3.92. The molecule has 1 aromatic rings. The summed E-state index contributed by atoms with van der Waals surface area (Å²) in [6.45, 7) is 6.28. The Morgan fingerprint density at radius 3 is 2.43 bits per heavy atom. The summed E-state index contributed by atoms with van der Waals surface area (Å²) >= 11 is 5.98. The number of halogens is 2. The molecule has 80 valence electrons. The molecular formula is C10H16Cl2N2. The van der Waals surface area contributed by atoms with E-state index in [1.165, 1.54) is 0 Å². The lowest BCUT2D eigenvalue weighted by atomic mass is 9.83. The lowest BCUT2D eigenvalue weighted by Crippen LogP contribution is -2.26. The zero-order chi connectivity index (χ0) is 10.1. The molecule has 0 amide bonds. The number of nitrogens with zero attached hydrogens (tertiary/aromatic N) is 1. The summed E-state index contributed by atoms with van der Waals surface area (Å²) in [5.41, 5.74) is 7.04. The van der Waals surface area contributed by atoms with E-state index < -0.39 is 0 Å². The molecule has 0 unspecified atom stereocenters. The van der Waals surface area contributed by atoms with Crippen LogP contribution in [0.2, 0.25) is 5.02 Å². The maximum absolute atomic E-state index is 6.06. The molecule has 0 aliphatic heterocycles. The highest BCUT2D eigenvalue weighted by Gasteiger charge is 2.23. The Bertz CT molecular complexity index is 294. The van der Waals surface area contributed by atoms with Gasteiger partial charge in [0.05, 0.1) is 5.02 Å². The first-order valence-electron chi connectivity index (χ1n) is 4.28. The summed E-state index contributed by atoms with van der Waals surface area (Å²) in [5.74, 6) is 0. The first-order chi connectivity index (χ1) is 5.93. The van der Waals surface area contributed by atoms with Crippen LogP contribution in [-0.2, 0) is 0 Å². The Morgan fingerprint density at radius 1 is 1.43 bits per heavy atom. The van der Waals surface area contributed by atoms with Crippen molar-refractivity contribution in [1.29, 1.82) is 0 Å². The summed E-state index contributed by atoms with van der Waals surface area (Å²) < 4.78 is 0. The van der Waals surface area contributed by atoms with Crippen molar-refractivity contribution in [3.63, 3.8) is 0 Å². The molecule has 0 saturated heterocycles. The molecule has 4 heteroatoms. The lowest BCUT2D eigenvalue weighted by molar-refractivity contribution is 0.327. The van der Waals surface area contributed by atoms with E-state index in [0.717, 1.165) is 5.56 Å². The van der Waals surface area contributed by atoms with Gasteiger partial charge in [0, 0.05) is 18.4 Å². The van der Waals surface area contributed by atoms with Gasteiger partial charge in [-0.15, -0.1) is 12.4 Å². The van der Waals surface area contributed by atoms with E-state index in [0.29, 0.717) is 5.02 Å². The van der Waals surface area contributed by atoms with Crippen molar-refractivity contribution < 1.29 is 0 Å². The molecule has 1 atom stereocenters. The van der Waals surface area contributed by atoms with Crippen LogP contribution < -0.4 is 5.73 Å². The van der Waals surface area contributed by atoms with Crippen LogP contribution in [0.3, 0.4) is 0 Å². The van der Waals surface area contributed by atoms with Crippen LogP contribution in [0.5, 0.6) is 0 Å². The number of rotatable bonds is 1. The van der Waals surface area contributed by atoms with Crippen molar-refractivity contribution in [2.75, 3.05) is 0 Å². The Morgan fingerprint density at radius 2 is 2.00 bits per heavy atom. The van der Waals surface area contributed by atoms with Crippen LogP contribution in [0.25, 0.3) is 0 Å². The number of aromatic nitrogens is 1. The third-order valence-corrected chi connectivity index (χ3v) is 2.39. The fourth-order valence-electron chi connectivity index (χ4n) is 1.10. The molecule has 0 fully saturated rings. The molecule has 0 aromatic carbocycles. The average molecular weight is 235 g/mol. The number of hydrogen-bond acceptors (Lipinski definition) is 2. The van der Waals surface area contributed by atoms with Crippen molar-refractivity contribution in [3.05, 3.63) is 29.0 Å². The van der Waals surface area contributed by atoms with Gasteiger partial charge in [-0.1, -0.05) is 32.4 Å². The van der Waals surface area contributed by atoms with Gasteiger partial charge >= 0.3 is 0 Å². The second kappa shape index (κ2) is 4.96.